The van der Waals surface area contributed by atoms with Gasteiger partial charge in [0.15, 0.2) is 0 Å². The summed E-state index contributed by atoms with van der Waals surface area (Å²) in [6.45, 7) is 13.7. The van der Waals surface area contributed by atoms with E-state index in [0.29, 0.717) is 0 Å². The van der Waals surface area contributed by atoms with Crippen LogP contribution >= 0.6 is 0 Å². The lowest BCUT2D eigenvalue weighted by molar-refractivity contribution is -0.114. The van der Waals surface area contributed by atoms with Gasteiger partial charge in [0.2, 0.25) is 0 Å². The second-order valence-electron chi connectivity index (χ2n) is 8.17. The molecule has 1 aromatic rings. The highest BCUT2D eigenvalue weighted by Crippen LogP contribution is 2.37. The number of rotatable bonds is 3. The van der Waals surface area contributed by atoms with Gasteiger partial charge in [-0.3, -0.25) is 10.6 Å². The maximum absolute atomic E-state index is 12.9. The molecule has 0 spiro atoms. The van der Waals surface area contributed by atoms with Crippen LogP contribution in [0.15, 0.2) is 30.0 Å². The maximum Gasteiger partial charge on any atom is 0.253 e. The maximum atomic E-state index is 12.9. The van der Waals surface area contributed by atoms with E-state index in [2.05, 4.69) is 50.3 Å². The van der Waals surface area contributed by atoms with Gasteiger partial charge in [0.25, 0.3) is 5.91 Å². The van der Waals surface area contributed by atoms with Crippen LogP contribution in [0.3, 0.4) is 0 Å². The van der Waals surface area contributed by atoms with Gasteiger partial charge in [0, 0.05) is 29.5 Å². The molecule has 0 aliphatic carbocycles. The first-order valence-electron chi connectivity index (χ1n) is 8.42. The Bertz CT molecular complexity index is 656. The fourth-order valence-corrected chi connectivity index (χ4v) is 2.86. The number of benzene rings is 1. The molecule has 0 aromatic heterocycles. The molecule has 0 unspecified atom stereocenters. The zero-order valence-corrected chi connectivity index (χ0v) is 15.7. The van der Waals surface area contributed by atoms with Gasteiger partial charge in [-0.1, -0.05) is 19.9 Å². The van der Waals surface area contributed by atoms with Crippen molar-refractivity contribution < 1.29 is 4.79 Å². The van der Waals surface area contributed by atoms with Crippen molar-refractivity contribution in [2.24, 2.45) is 11.3 Å². The van der Waals surface area contributed by atoms with Gasteiger partial charge in [-0.05, 0) is 57.2 Å². The molecule has 132 valence electrons. The molecule has 5 heteroatoms. The Morgan fingerprint density at radius 3 is 2.54 bits per heavy atom. The number of hydrogen-bond donors (Lipinski definition) is 3. The van der Waals surface area contributed by atoms with Crippen molar-refractivity contribution in [2.45, 2.75) is 53.5 Å². The monoisotopic (exact) mass is 330 g/mol. The Labute approximate surface area is 145 Å². The fraction of sp³-hybridized carbons (Fsp3) is 0.526. The van der Waals surface area contributed by atoms with Crippen LogP contribution in [0.1, 0.15) is 46.6 Å². The molecule has 0 saturated carbocycles. The third kappa shape index (κ3) is 3.90. The molecule has 1 amide bonds. The van der Waals surface area contributed by atoms with Crippen LogP contribution in [0.4, 0.5) is 11.4 Å². The number of amides is 1. The van der Waals surface area contributed by atoms with E-state index in [1.165, 1.54) is 0 Å². The standard InChI is InChI=1S/C19H30N4O/c1-13-7-8-14(22-20)11-16(13)21-17(24)15-12-23(18(2,3)4)10-9-19(15,5)6/h7-8,11-12,22H,9-10,20H2,1-6H3,(H,21,24). The summed E-state index contributed by atoms with van der Waals surface area (Å²) in [5.74, 6) is 5.42. The summed E-state index contributed by atoms with van der Waals surface area (Å²) >= 11 is 0. The van der Waals surface area contributed by atoms with E-state index in [1.807, 2.05) is 31.3 Å². The molecule has 5 nitrogen and oxygen atoms in total. The molecular formula is C19H30N4O. The van der Waals surface area contributed by atoms with Crippen LogP contribution in [0.25, 0.3) is 0 Å². The first-order chi connectivity index (χ1) is 11.0. The van der Waals surface area contributed by atoms with Crippen LogP contribution in [0.2, 0.25) is 0 Å². The quantitative estimate of drug-likeness (QED) is 0.584. The molecule has 0 saturated heterocycles. The zero-order valence-electron chi connectivity index (χ0n) is 15.7. The Kier molecular flexibility index (Phi) is 4.95. The summed E-state index contributed by atoms with van der Waals surface area (Å²) in [6.07, 6.45) is 2.98. The Hall–Kier alpha value is -2.01. The van der Waals surface area contributed by atoms with Crippen molar-refractivity contribution in [3.63, 3.8) is 0 Å². The minimum absolute atomic E-state index is 0.00132. The van der Waals surface area contributed by atoms with E-state index in [-0.39, 0.29) is 16.9 Å². The van der Waals surface area contributed by atoms with Crippen LogP contribution in [0.5, 0.6) is 0 Å². The SMILES string of the molecule is Cc1ccc(NN)cc1NC(=O)C1=CN(C(C)(C)C)CCC1(C)C. The summed E-state index contributed by atoms with van der Waals surface area (Å²) < 4.78 is 0. The second kappa shape index (κ2) is 6.48. The molecule has 24 heavy (non-hydrogen) atoms. The molecule has 0 fully saturated rings. The Morgan fingerprint density at radius 2 is 1.96 bits per heavy atom. The van der Waals surface area contributed by atoms with Gasteiger partial charge in [0.1, 0.15) is 0 Å². The lowest BCUT2D eigenvalue weighted by Crippen LogP contribution is -2.45. The van der Waals surface area contributed by atoms with Gasteiger partial charge in [-0.25, -0.2) is 0 Å². The number of hydrazine groups is 1. The minimum Gasteiger partial charge on any atom is -0.372 e. The number of aryl methyl sites for hydroxylation is 1. The van der Waals surface area contributed by atoms with Gasteiger partial charge in [-0.15, -0.1) is 0 Å². The van der Waals surface area contributed by atoms with Crippen molar-refractivity contribution >= 4 is 17.3 Å². The number of nitrogens with two attached hydrogens (primary N) is 1. The average Bonchev–Trinajstić information content (AvgIpc) is 2.47. The molecule has 0 bridgehead atoms. The highest BCUT2D eigenvalue weighted by Gasteiger charge is 2.35. The van der Waals surface area contributed by atoms with E-state index in [4.69, 9.17) is 5.84 Å². The van der Waals surface area contributed by atoms with Gasteiger partial charge < -0.3 is 15.6 Å². The van der Waals surface area contributed by atoms with E-state index < -0.39 is 0 Å². The summed E-state index contributed by atoms with van der Waals surface area (Å²) in [6, 6.07) is 5.67. The number of carbonyl (C=O) groups is 1. The number of carbonyl (C=O) groups excluding carboxylic acids is 1. The number of nitrogens with one attached hydrogen (secondary N) is 2. The third-order valence-electron chi connectivity index (χ3n) is 4.75. The number of nitrogens with zero attached hydrogens (tertiary/aromatic N) is 1. The molecule has 1 heterocycles. The van der Waals surface area contributed by atoms with Gasteiger partial charge in [-0.2, -0.15) is 0 Å². The minimum atomic E-state index is -0.149. The van der Waals surface area contributed by atoms with Crippen LogP contribution < -0.4 is 16.6 Å². The van der Waals surface area contributed by atoms with E-state index in [1.54, 1.807) is 0 Å². The van der Waals surface area contributed by atoms with Crippen molar-refractivity contribution in [2.75, 3.05) is 17.3 Å². The van der Waals surface area contributed by atoms with Crippen LogP contribution in [0, 0.1) is 12.3 Å². The largest absolute Gasteiger partial charge is 0.372 e. The molecule has 1 aromatic carbocycles. The van der Waals surface area contributed by atoms with Crippen LogP contribution in [-0.2, 0) is 4.79 Å². The Balaban J connectivity index is 2.31. The molecule has 0 atom stereocenters. The number of hydrogen-bond acceptors (Lipinski definition) is 4. The summed E-state index contributed by atoms with van der Waals surface area (Å²) in [5, 5.41) is 3.05. The van der Waals surface area contributed by atoms with Crippen LogP contribution in [-0.4, -0.2) is 22.9 Å². The summed E-state index contributed by atoms with van der Waals surface area (Å²) in [5.41, 5.74) is 5.83. The van der Waals surface area contributed by atoms with E-state index >= 15 is 0 Å². The predicted octanol–water partition coefficient (Wildman–Crippen LogP) is 3.63. The van der Waals surface area contributed by atoms with Gasteiger partial charge >= 0.3 is 0 Å². The fourth-order valence-electron chi connectivity index (χ4n) is 2.86. The normalized spacial score (nSPS) is 17.3. The van der Waals surface area contributed by atoms with Crippen molar-refractivity contribution in [3.05, 3.63) is 35.5 Å². The zero-order chi connectivity index (χ0) is 18.1. The topological polar surface area (TPSA) is 70.4 Å². The second-order valence-corrected chi connectivity index (χ2v) is 8.17. The molecule has 0 radical (unpaired) electrons. The third-order valence-corrected chi connectivity index (χ3v) is 4.75. The van der Waals surface area contributed by atoms with Crippen molar-refractivity contribution in [1.29, 1.82) is 0 Å². The summed E-state index contributed by atoms with van der Waals surface area (Å²) in [4.78, 5) is 15.2. The average molecular weight is 330 g/mol. The highest BCUT2D eigenvalue weighted by molar-refractivity contribution is 6.05. The summed E-state index contributed by atoms with van der Waals surface area (Å²) in [7, 11) is 0. The number of anilines is 2. The molecule has 1 aliphatic rings. The first-order valence-corrected chi connectivity index (χ1v) is 8.42. The van der Waals surface area contributed by atoms with Gasteiger partial charge in [0.05, 0.1) is 5.69 Å². The van der Waals surface area contributed by atoms with E-state index in [9.17, 15) is 4.79 Å². The molecule has 2 rings (SSSR count). The first kappa shape index (κ1) is 18.3. The lowest BCUT2D eigenvalue weighted by Gasteiger charge is -2.43. The molecule has 4 N–H and O–H groups in total. The highest BCUT2D eigenvalue weighted by atomic mass is 16.1. The molecule has 1 aliphatic heterocycles. The van der Waals surface area contributed by atoms with Crippen molar-refractivity contribution in [3.8, 4) is 0 Å². The molecular weight excluding hydrogens is 300 g/mol. The number of nitrogen functional groups attached to an aromatic ring is 1. The smallest absolute Gasteiger partial charge is 0.253 e. The Morgan fingerprint density at radius 1 is 1.29 bits per heavy atom. The predicted molar refractivity (Wildman–Crippen MR) is 101 cm³/mol. The lowest BCUT2D eigenvalue weighted by atomic mass is 9.78. The van der Waals surface area contributed by atoms with E-state index in [0.717, 1.165) is 35.5 Å². The van der Waals surface area contributed by atoms with Crippen molar-refractivity contribution in [1.82, 2.24) is 4.90 Å².